The van der Waals surface area contributed by atoms with Crippen LogP contribution < -0.4 is 10.6 Å². The van der Waals surface area contributed by atoms with Gasteiger partial charge in [0, 0.05) is 31.5 Å². The SMILES string of the molecule is O=C(Nc1ccc(CN2CCOCC2)cc1)c1[nH]ncc1Nc1ncnc2cc[nH]c12. The van der Waals surface area contributed by atoms with Crippen LogP contribution in [0.5, 0.6) is 0 Å². The molecule has 4 heterocycles. The fraction of sp³-hybridized carbons (Fsp3) is 0.238. The minimum Gasteiger partial charge on any atom is -0.379 e. The van der Waals surface area contributed by atoms with E-state index in [-0.39, 0.29) is 5.91 Å². The predicted molar refractivity (Wildman–Crippen MR) is 116 cm³/mol. The number of rotatable bonds is 6. The third-order valence-electron chi connectivity index (χ3n) is 5.19. The van der Waals surface area contributed by atoms with Gasteiger partial charge in [-0.05, 0) is 23.8 Å². The number of morpholine rings is 1. The molecule has 1 aliphatic heterocycles. The van der Waals surface area contributed by atoms with Crippen LogP contribution in [0.3, 0.4) is 0 Å². The standard InChI is InChI=1S/C21H22N8O2/c30-21(26-15-3-1-14(2-4-15)12-29-7-9-31-10-8-29)19-17(11-25-28-19)27-20-18-16(5-6-22-18)23-13-24-20/h1-6,11,13,22H,7-10,12H2,(H,25,28)(H,26,30)(H,23,24,27). The molecule has 1 aliphatic rings. The number of nitrogens with zero attached hydrogens (tertiary/aromatic N) is 4. The van der Waals surface area contributed by atoms with Crippen molar-refractivity contribution in [2.45, 2.75) is 6.54 Å². The second kappa shape index (κ2) is 8.54. The van der Waals surface area contributed by atoms with Crippen molar-refractivity contribution in [2.24, 2.45) is 0 Å². The first-order valence-corrected chi connectivity index (χ1v) is 10.0. The molecule has 158 valence electrons. The molecule has 4 N–H and O–H groups in total. The largest absolute Gasteiger partial charge is 0.379 e. The van der Waals surface area contributed by atoms with Gasteiger partial charge in [-0.3, -0.25) is 14.8 Å². The van der Waals surface area contributed by atoms with Crippen LogP contribution in [-0.4, -0.2) is 62.3 Å². The second-order valence-corrected chi connectivity index (χ2v) is 7.28. The van der Waals surface area contributed by atoms with Gasteiger partial charge in [0.2, 0.25) is 0 Å². The van der Waals surface area contributed by atoms with Gasteiger partial charge < -0.3 is 20.4 Å². The van der Waals surface area contributed by atoms with Gasteiger partial charge in [-0.15, -0.1) is 0 Å². The molecular formula is C21H22N8O2. The highest BCUT2D eigenvalue weighted by Crippen LogP contribution is 2.23. The summed E-state index contributed by atoms with van der Waals surface area (Å²) < 4.78 is 5.39. The van der Waals surface area contributed by atoms with E-state index >= 15 is 0 Å². The summed E-state index contributed by atoms with van der Waals surface area (Å²) in [5.41, 5.74) is 4.29. The smallest absolute Gasteiger partial charge is 0.275 e. The van der Waals surface area contributed by atoms with Crippen LogP contribution >= 0.6 is 0 Å². The molecule has 0 saturated carbocycles. The van der Waals surface area contributed by atoms with Gasteiger partial charge in [-0.25, -0.2) is 9.97 Å². The van der Waals surface area contributed by atoms with Crippen molar-refractivity contribution in [1.82, 2.24) is 30.0 Å². The molecule has 3 aromatic heterocycles. The van der Waals surface area contributed by atoms with Crippen LogP contribution in [0.1, 0.15) is 16.1 Å². The van der Waals surface area contributed by atoms with Crippen LogP contribution in [-0.2, 0) is 11.3 Å². The Bertz CT molecular complexity index is 1180. The van der Waals surface area contributed by atoms with E-state index in [1.165, 1.54) is 11.9 Å². The van der Waals surface area contributed by atoms with Crippen molar-refractivity contribution < 1.29 is 9.53 Å². The highest BCUT2D eigenvalue weighted by molar-refractivity contribution is 6.07. The summed E-state index contributed by atoms with van der Waals surface area (Å²) in [5, 5.41) is 12.8. The number of aromatic amines is 2. The van der Waals surface area contributed by atoms with E-state index in [1.54, 1.807) is 12.4 Å². The summed E-state index contributed by atoms with van der Waals surface area (Å²) in [7, 11) is 0. The molecule has 1 aromatic carbocycles. The highest BCUT2D eigenvalue weighted by Gasteiger charge is 2.16. The normalized spacial score (nSPS) is 14.6. The molecule has 0 radical (unpaired) electrons. The van der Waals surface area contributed by atoms with Gasteiger partial charge in [0.1, 0.15) is 17.5 Å². The third-order valence-corrected chi connectivity index (χ3v) is 5.19. The zero-order chi connectivity index (χ0) is 21.0. The molecule has 1 amide bonds. The van der Waals surface area contributed by atoms with E-state index in [0.717, 1.165) is 43.9 Å². The zero-order valence-electron chi connectivity index (χ0n) is 16.8. The number of amides is 1. The minimum atomic E-state index is -0.294. The number of aromatic nitrogens is 5. The molecule has 0 unspecified atom stereocenters. The lowest BCUT2D eigenvalue weighted by Crippen LogP contribution is -2.35. The van der Waals surface area contributed by atoms with Crippen molar-refractivity contribution in [1.29, 1.82) is 0 Å². The number of hydrogen-bond donors (Lipinski definition) is 4. The maximum absolute atomic E-state index is 12.8. The minimum absolute atomic E-state index is 0.294. The lowest BCUT2D eigenvalue weighted by Gasteiger charge is -2.26. The average Bonchev–Trinajstić information content (AvgIpc) is 3.46. The number of ether oxygens (including phenoxy) is 1. The third kappa shape index (κ3) is 4.25. The number of carbonyl (C=O) groups is 1. The van der Waals surface area contributed by atoms with E-state index in [1.807, 2.05) is 30.3 Å². The fourth-order valence-electron chi connectivity index (χ4n) is 3.55. The molecule has 31 heavy (non-hydrogen) atoms. The Morgan fingerprint density at radius 2 is 1.97 bits per heavy atom. The quantitative estimate of drug-likeness (QED) is 0.379. The van der Waals surface area contributed by atoms with Crippen molar-refractivity contribution in [3.63, 3.8) is 0 Å². The van der Waals surface area contributed by atoms with Gasteiger partial charge in [0.15, 0.2) is 5.82 Å². The van der Waals surface area contributed by atoms with Crippen LogP contribution in [0, 0.1) is 0 Å². The van der Waals surface area contributed by atoms with E-state index in [4.69, 9.17) is 4.74 Å². The Labute approximate surface area is 178 Å². The molecule has 1 fully saturated rings. The lowest BCUT2D eigenvalue weighted by atomic mass is 10.2. The molecular weight excluding hydrogens is 396 g/mol. The molecule has 0 atom stereocenters. The van der Waals surface area contributed by atoms with E-state index in [9.17, 15) is 4.79 Å². The Morgan fingerprint density at radius 1 is 1.13 bits per heavy atom. The summed E-state index contributed by atoms with van der Waals surface area (Å²) in [6, 6.07) is 9.72. The number of hydrogen-bond acceptors (Lipinski definition) is 7. The lowest BCUT2D eigenvalue weighted by molar-refractivity contribution is 0.0342. The first-order valence-electron chi connectivity index (χ1n) is 10.0. The van der Waals surface area contributed by atoms with Gasteiger partial charge in [-0.2, -0.15) is 5.10 Å². The van der Waals surface area contributed by atoms with Crippen LogP contribution in [0.25, 0.3) is 11.0 Å². The van der Waals surface area contributed by atoms with Gasteiger partial charge in [-0.1, -0.05) is 12.1 Å². The average molecular weight is 418 g/mol. The predicted octanol–water partition coefficient (Wildman–Crippen LogP) is 2.51. The van der Waals surface area contributed by atoms with Crippen molar-refractivity contribution in [3.8, 4) is 0 Å². The van der Waals surface area contributed by atoms with E-state index in [0.29, 0.717) is 22.9 Å². The first-order chi connectivity index (χ1) is 15.3. The number of carbonyl (C=O) groups excluding carboxylic acids is 1. The van der Waals surface area contributed by atoms with Gasteiger partial charge in [0.05, 0.1) is 30.6 Å². The second-order valence-electron chi connectivity index (χ2n) is 7.28. The van der Waals surface area contributed by atoms with Gasteiger partial charge in [0.25, 0.3) is 5.91 Å². The van der Waals surface area contributed by atoms with E-state index < -0.39 is 0 Å². The number of benzene rings is 1. The summed E-state index contributed by atoms with van der Waals surface area (Å²) in [6.45, 7) is 4.31. The summed E-state index contributed by atoms with van der Waals surface area (Å²) in [5.74, 6) is 0.274. The van der Waals surface area contributed by atoms with Crippen LogP contribution in [0.2, 0.25) is 0 Å². The molecule has 5 rings (SSSR count). The van der Waals surface area contributed by atoms with Crippen molar-refractivity contribution >= 4 is 34.1 Å². The van der Waals surface area contributed by atoms with Gasteiger partial charge >= 0.3 is 0 Å². The Balaban J connectivity index is 1.26. The van der Waals surface area contributed by atoms with Crippen LogP contribution in [0.4, 0.5) is 17.2 Å². The Morgan fingerprint density at radius 3 is 2.81 bits per heavy atom. The zero-order valence-corrected chi connectivity index (χ0v) is 16.8. The number of anilines is 3. The maximum atomic E-state index is 12.8. The molecule has 4 aromatic rings. The van der Waals surface area contributed by atoms with Crippen LogP contribution in [0.15, 0.2) is 49.1 Å². The topological polar surface area (TPSA) is 124 Å². The number of H-pyrrole nitrogens is 2. The summed E-state index contributed by atoms with van der Waals surface area (Å²) >= 11 is 0. The maximum Gasteiger partial charge on any atom is 0.275 e. The molecule has 10 nitrogen and oxygen atoms in total. The number of fused-ring (bicyclic) bond motifs is 1. The molecule has 0 spiro atoms. The highest BCUT2D eigenvalue weighted by atomic mass is 16.5. The Kier molecular flexibility index (Phi) is 5.29. The summed E-state index contributed by atoms with van der Waals surface area (Å²) in [4.78, 5) is 26.7. The van der Waals surface area contributed by atoms with Crippen molar-refractivity contribution in [2.75, 3.05) is 36.9 Å². The first kappa shape index (κ1) is 19.2. The van der Waals surface area contributed by atoms with Crippen molar-refractivity contribution in [3.05, 3.63) is 60.3 Å². The fourth-order valence-corrected chi connectivity index (χ4v) is 3.55. The molecule has 0 bridgehead atoms. The molecule has 0 aliphatic carbocycles. The summed E-state index contributed by atoms with van der Waals surface area (Å²) in [6.07, 6.45) is 4.81. The molecule has 10 heteroatoms. The number of nitrogens with one attached hydrogen (secondary N) is 4. The monoisotopic (exact) mass is 418 g/mol. The van der Waals surface area contributed by atoms with E-state index in [2.05, 4.69) is 40.7 Å². The Hall–Kier alpha value is -3.76. The molecule has 1 saturated heterocycles.